The molecule has 2 aromatic rings. The van der Waals surface area contributed by atoms with E-state index in [0.29, 0.717) is 0 Å². The van der Waals surface area contributed by atoms with Crippen LogP contribution in [0.25, 0.3) is 0 Å². The molecule has 104 valence electrons. The van der Waals surface area contributed by atoms with Gasteiger partial charge < -0.3 is 5.32 Å². The van der Waals surface area contributed by atoms with Gasteiger partial charge in [-0.1, -0.05) is 36.4 Å². The van der Waals surface area contributed by atoms with Crippen LogP contribution in [0.3, 0.4) is 0 Å². The second-order valence-electron chi connectivity index (χ2n) is 5.91. The van der Waals surface area contributed by atoms with Gasteiger partial charge in [-0.15, -0.1) is 0 Å². The Morgan fingerprint density at radius 2 is 1.65 bits per heavy atom. The average Bonchev–Trinajstić information content (AvgIpc) is 2.38. The zero-order chi connectivity index (χ0) is 14.2. The second kappa shape index (κ2) is 5.02. The molecule has 0 unspecified atom stereocenters. The van der Waals surface area contributed by atoms with E-state index in [9.17, 15) is 4.39 Å². The van der Waals surface area contributed by atoms with Crippen LogP contribution < -0.4 is 5.32 Å². The van der Waals surface area contributed by atoms with Crippen molar-refractivity contribution >= 4 is 0 Å². The first-order chi connectivity index (χ1) is 9.62. The molecule has 1 aliphatic heterocycles. The molecule has 0 radical (unpaired) electrons. The van der Waals surface area contributed by atoms with E-state index in [1.165, 1.54) is 16.7 Å². The Balaban J connectivity index is 2.01. The van der Waals surface area contributed by atoms with Gasteiger partial charge in [-0.05, 0) is 48.6 Å². The molecule has 0 amide bonds. The summed E-state index contributed by atoms with van der Waals surface area (Å²) >= 11 is 0. The molecule has 0 aromatic heterocycles. The average molecular weight is 269 g/mol. The largest absolute Gasteiger partial charge is 0.315 e. The van der Waals surface area contributed by atoms with Crippen LogP contribution in [0.4, 0.5) is 4.39 Å². The molecule has 3 rings (SSSR count). The van der Waals surface area contributed by atoms with E-state index in [4.69, 9.17) is 0 Å². The van der Waals surface area contributed by atoms with Crippen LogP contribution in [0, 0.1) is 19.7 Å². The molecular weight excluding hydrogens is 249 g/mol. The minimum absolute atomic E-state index is 0.0831. The molecule has 0 bridgehead atoms. The lowest BCUT2D eigenvalue weighted by atomic mass is 9.69. The van der Waals surface area contributed by atoms with Gasteiger partial charge in [0.15, 0.2) is 0 Å². The van der Waals surface area contributed by atoms with Crippen molar-refractivity contribution in [3.05, 3.63) is 70.5 Å². The molecule has 1 N–H and O–H groups in total. The van der Waals surface area contributed by atoms with Crippen LogP contribution in [-0.4, -0.2) is 13.1 Å². The van der Waals surface area contributed by atoms with Gasteiger partial charge in [0.1, 0.15) is 5.82 Å². The molecule has 2 heteroatoms. The third-order valence-corrected chi connectivity index (χ3v) is 4.53. The quantitative estimate of drug-likeness (QED) is 0.899. The van der Waals surface area contributed by atoms with Gasteiger partial charge in [0.05, 0.1) is 0 Å². The molecule has 1 fully saturated rings. The van der Waals surface area contributed by atoms with Gasteiger partial charge in [-0.3, -0.25) is 0 Å². The van der Waals surface area contributed by atoms with Crippen LogP contribution >= 0.6 is 0 Å². The maximum absolute atomic E-state index is 14.2. The van der Waals surface area contributed by atoms with Crippen LogP contribution in [0.2, 0.25) is 0 Å². The molecule has 0 atom stereocenters. The Labute approximate surface area is 119 Å². The third kappa shape index (κ3) is 2.14. The van der Waals surface area contributed by atoms with Crippen molar-refractivity contribution in [1.29, 1.82) is 0 Å². The molecule has 20 heavy (non-hydrogen) atoms. The predicted molar refractivity (Wildman–Crippen MR) is 80.6 cm³/mol. The zero-order valence-corrected chi connectivity index (χ0v) is 12.0. The Morgan fingerprint density at radius 1 is 1.00 bits per heavy atom. The van der Waals surface area contributed by atoms with Gasteiger partial charge in [-0.25, -0.2) is 4.39 Å². The summed E-state index contributed by atoms with van der Waals surface area (Å²) in [7, 11) is 0. The maximum Gasteiger partial charge on any atom is 0.127 e. The zero-order valence-electron chi connectivity index (χ0n) is 12.0. The molecule has 1 aliphatic rings. The standard InChI is InChI=1S/C18H20FN/c1-13-6-5-7-14(2)15(13)10-18(11-20-12-18)16-8-3-4-9-17(16)19/h3-9,20H,10-12H2,1-2H3. The van der Waals surface area contributed by atoms with Crippen molar-refractivity contribution in [2.24, 2.45) is 0 Å². The first kappa shape index (κ1) is 13.3. The van der Waals surface area contributed by atoms with Gasteiger partial charge in [0.25, 0.3) is 0 Å². The van der Waals surface area contributed by atoms with Gasteiger partial charge in [0, 0.05) is 18.5 Å². The highest BCUT2D eigenvalue weighted by Gasteiger charge is 2.41. The molecule has 0 spiro atoms. The monoisotopic (exact) mass is 269 g/mol. The minimum Gasteiger partial charge on any atom is -0.315 e. The summed E-state index contributed by atoms with van der Waals surface area (Å²) in [6.07, 6.45) is 0.902. The normalized spacial score (nSPS) is 16.8. The van der Waals surface area contributed by atoms with E-state index in [1.54, 1.807) is 12.1 Å². The first-order valence-corrected chi connectivity index (χ1v) is 7.13. The fourth-order valence-corrected chi connectivity index (χ4v) is 3.19. The summed E-state index contributed by atoms with van der Waals surface area (Å²) in [4.78, 5) is 0. The van der Waals surface area contributed by atoms with Crippen molar-refractivity contribution in [3.8, 4) is 0 Å². The van der Waals surface area contributed by atoms with E-state index in [-0.39, 0.29) is 11.2 Å². The van der Waals surface area contributed by atoms with Crippen molar-refractivity contribution in [3.63, 3.8) is 0 Å². The van der Waals surface area contributed by atoms with Crippen LogP contribution in [0.5, 0.6) is 0 Å². The highest BCUT2D eigenvalue weighted by molar-refractivity contribution is 5.40. The Kier molecular flexibility index (Phi) is 3.35. The van der Waals surface area contributed by atoms with E-state index >= 15 is 0 Å². The topological polar surface area (TPSA) is 12.0 Å². The molecule has 0 saturated carbocycles. The number of benzene rings is 2. The maximum atomic E-state index is 14.2. The lowest BCUT2D eigenvalue weighted by Gasteiger charge is -2.44. The number of rotatable bonds is 3. The summed E-state index contributed by atoms with van der Waals surface area (Å²) in [5.74, 6) is -0.0831. The Bertz CT molecular complexity index is 609. The number of nitrogens with one attached hydrogen (secondary N) is 1. The summed E-state index contributed by atoms with van der Waals surface area (Å²) in [5.41, 5.74) is 4.71. The Morgan fingerprint density at radius 3 is 2.20 bits per heavy atom. The lowest BCUT2D eigenvalue weighted by Crippen LogP contribution is -2.58. The van der Waals surface area contributed by atoms with Crippen molar-refractivity contribution < 1.29 is 4.39 Å². The van der Waals surface area contributed by atoms with Crippen LogP contribution in [0.15, 0.2) is 42.5 Å². The second-order valence-corrected chi connectivity index (χ2v) is 5.91. The van der Waals surface area contributed by atoms with Gasteiger partial charge in [-0.2, -0.15) is 0 Å². The smallest absolute Gasteiger partial charge is 0.127 e. The number of hydrogen-bond acceptors (Lipinski definition) is 1. The van der Waals surface area contributed by atoms with Crippen molar-refractivity contribution in [2.75, 3.05) is 13.1 Å². The molecule has 2 aromatic carbocycles. The van der Waals surface area contributed by atoms with Crippen LogP contribution in [-0.2, 0) is 11.8 Å². The summed E-state index contributed by atoms with van der Waals surface area (Å²) in [6.45, 7) is 5.98. The molecule has 0 aliphatic carbocycles. The van der Waals surface area contributed by atoms with Crippen LogP contribution in [0.1, 0.15) is 22.3 Å². The molecule has 1 nitrogen and oxygen atoms in total. The molecular formula is C18H20FN. The fourth-order valence-electron chi connectivity index (χ4n) is 3.19. The van der Waals surface area contributed by atoms with E-state index in [2.05, 4.69) is 37.4 Å². The number of aryl methyl sites for hydroxylation is 2. The minimum atomic E-state index is -0.0950. The predicted octanol–water partition coefficient (Wildman–Crippen LogP) is 3.53. The molecule has 1 saturated heterocycles. The van der Waals surface area contributed by atoms with Gasteiger partial charge in [0.2, 0.25) is 0 Å². The summed E-state index contributed by atoms with van der Waals surface area (Å²) < 4.78 is 14.2. The lowest BCUT2D eigenvalue weighted by molar-refractivity contribution is 0.265. The summed E-state index contributed by atoms with van der Waals surface area (Å²) in [6, 6.07) is 13.6. The van der Waals surface area contributed by atoms with E-state index in [1.807, 2.05) is 12.1 Å². The number of halogens is 1. The first-order valence-electron chi connectivity index (χ1n) is 7.13. The van der Waals surface area contributed by atoms with Crippen molar-refractivity contribution in [1.82, 2.24) is 5.32 Å². The van der Waals surface area contributed by atoms with E-state index in [0.717, 1.165) is 25.1 Å². The highest BCUT2D eigenvalue weighted by Crippen LogP contribution is 2.35. The Hall–Kier alpha value is -1.67. The SMILES string of the molecule is Cc1cccc(C)c1CC1(c2ccccc2F)CNC1. The van der Waals surface area contributed by atoms with Crippen molar-refractivity contribution in [2.45, 2.75) is 25.7 Å². The third-order valence-electron chi connectivity index (χ3n) is 4.53. The molecule has 1 heterocycles. The fraction of sp³-hybridized carbons (Fsp3) is 0.333. The van der Waals surface area contributed by atoms with Gasteiger partial charge >= 0.3 is 0 Å². The summed E-state index contributed by atoms with van der Waals surface area (Å²) in [5, 5.41) is 3.32. The highest BCUT2D eigenvalue weighted by atomic mass is 19.1. The van der Waals surface area contributed by atoms with E-state index < -0.39 is 0 Å². The number of hydrogen-bond donors (Lipinski definition) is 1.